The van der Waals surface area contributed by atoms with Crippen LogP contribution in [0.1, 0.15) is 25.3 Å². The van der Waals surface area contributed by atoms with Gasteiger partial charge in [0.15, 0.2) is 0 Å². The molecule has 124 valence electrons. The molecule has 1 aromatic rings. The van der Waals surface area contributed by atoms with Gasteiger partial charge in [-0.25, -0.2) is 4.79 Å². The maximum absolute atomic E-state index is 12.9. The summed E-state index contributed by atoms with van der Waals surface area (Å²) >= 11 is 0. The number of nitrogens with one attached hydrogen (secondary N) is 2. The smallest absolute Gasteiger partial charge is 0.325 e. The molecule has 2 N–H and O–H groups in total. The summed E-state index contributed by atoms with van der Waals surface area (Å²) in [6.07, 6.45) is 2.13. The minimum atomic E-state index is -1.03. The maximum Gasteiger partial charge on any atom is 0.325 e. The molecule has 6 nitrogen and oxygen atoms in total. The number of hydrogen-bond donors (Lipinski definition) is 2. The molecular weight excluding hydrogens is 294 g/mol. The van der Waals surface area contributed by atoms with Gasteiger partial charge in [0, 0.05) is 6.54 Å². The lowest BCUT2D eigenvalue weighted by Gasteiger charge is -2.27. The van der Waals surface area contributed by atoms with Crippen LogP contribution in [-0.4, -0.2) is 43.6 Å². The normalized spacial score (nSPS) is 27.9. The van der Waals surface area contributed by atoms with Crippen molar-refractivity contribution in [2.75, 3.05) is 26.7 Å². The van der Waals surface area contributed by atoms with Gasteiger partial charge in [-0.1, -0.05) is 12.1 Å². The zero-order valence-corrected chi connectivity index (χ0v) is 13.6. The van der Waals surface area contributed by atoms with Crippen LogP contribution in [0.5, 0.6) is 5.75 Å². The number of urea groups is 1. The van der Waals surface area contributed by atoms with Gasteiger partial charge in [-0.15, -0.1) is 0 Å². The molecule has 2 heterocycles. The SMILES string of the molecule is COc1cccc(C2(C)NC(=O)N(CC3CCCNC3)C2=O)c1. The Morgan fingerprint density at radius 1 is 1.39 bits per heavy atom. The van der Waals surface area contributed by atoms with Gasteiger partial charge in [0.25, 0.3) is 5.91 Å². The Morgan fingerprint density at radius 3 is 2.91 bits per heavy atom. The Hall–Kier alpha value is -2.08. The lowest BCUT2D eigenvalue weighted by atomic mass is 9.91. The van der Waals surface area contributed by atoms with Crippen LogP contribution in [-0.2, 0) is 10.3 Å². The lowest BCUT2D eigenvalue weighted by molar-refractivity contribution is -0.131. The molecule has 3 rings (SSSR count). The van der Waals surface area contributed by atoms with Crippen molar-refractivity contribution in [2.24, 2.45) is 5.92 Å². The number of rotatable bonds is 4. The van der Waals surface area contributed by atoms with Crippen LogP contribution < -0.4 is 15.4 Å². The first-order valence-corrected chi connectivity index (χ1v) is 8.04. The number of hydrogen-bond acceptors (Lipinski definition) is 4. The summed E-state index contributed by atoms with van der Waals surface area (Å²) in [6, 6.07) is 6.97. The number of nitrogens with zero attached hydrogens (tertiary/aromatic N) is 1. The quantitative estimate of drug-likeness (QED) is 0.825. The predicted molar refractivity (Wildman–Crippen MR) is 86.2 cm³/mol. The number of amides is 3. The number of piperidine rings is 1. The zero-order valence-electron chi connectivity index (χ0n) is 13.6. The van der Waals surface area contributed by atoms with Gasteiger partial charge in [0.05, 0.1) is 7.11 Å². The second kappa shape index (κ2) is 6.20. The van der Waals surface area contributed by atoms with Gasteiger partial charge in [0.1, 0.15) is 11.3 Å². The average molecular weight is 317 g/mol. The number of carbonyl (C=O) groups is 2. The summed E-state index contributed by atoms with van der Waals surface area (Å²) in [6.45, 7) is 4.09. The molecule has 3 amide bonds. The average Bonchev–Trinajstić information content (AvgIpc) is 2.80. The molecule has 2 atom stereocenters. The van der Waals surface area contributed by atoms with Crippen LogP contribution in [0.15, 0.2) is 24.3 Å². The van der Waals surface area contributed by atoms with E-state index in [1.807, 2.05) is 18.2 Å². The molecule has 2 unspecified atom stereocenters. The third-order valence-corrected chi connectivity index (χ3v) is 4.76. The first-order chi connectivity index (χ1) is 11.0. The molecular formula is C17H23N3O3. The molecule has 2 aliphatic heterocycles. The summed E-state index contributed by atoms with van der Waals surface area (Å²) in [5.41, 5.74) is -0.298. The molecule has 0 aliphatic carbocycles. The molecule has 23 heavy (non-hydrogen) atoms. The van der Waals surface area contributed by atoms with Crippen LogP contribution in [0.3, 0.4) is 0 Å². The third-order valence-electron chi connectivity index (χ3n) is 4.76. The van der Waals surface area contributed by atoms with E-state index < -0.39 is 5.54 Å². The van der Waals surface area contributed by atoms with E-state index in [2.05, 4.69) is 10.6 Å². The van der Waals surface area contributed by atoms with E-state index in [9.17, 15) is 9.59 Å². The molecule has 0 radical (unpaired) electrons. The van der Waals surface area contributed by atoms with Crippen molar-refractivity contribution < 1.29 is 14.3 Å². The fourth-order valence-corrected chi connectivity index (χ4v) is 3.33. The Morgan fingerprint density at radius 2 is 2.22 bits per heavy atom. The predicted octanol–water partition coefficient (Wildman–Crippen LogP) is 1.46. The number of imide groups is 1. The summed E-state index contributed by atoms with van der Waals surface area (Å²) in [5, 5.41) is 6.17. The van der Waals surface area contributed by atoms with Crippen LogP contribution in [0.2, 0.25) is 0 Å². The second-order valence-corrected chi connectivity index (χ2v) is 6.42. The van der Waals surface area contributed by atoms with Crippen LogP contribution in [0.4, 0.5) is 4.79 Å². The lowest BCUT2D eigenvalue weighted by Crippen LogP contribution is -2.43. The van der Waals surface area contributed by atoms with Crippen molar-refractivity contribution in [3.05, 3.63) is 29.8 Å². The van der Waals surface area contributed by atoms with Crippen LogP contribution in [0.25, 0.3) is 0 Å². The molecule has 1 aromatic carbocycles. The molecule has 2 aliphatic rings. The summed E-state index contributed by atoms with van der Waals surface area (Å²) in [4.78, 5) is 26.6. The highest BCUT2D eigenvalue weighted by Gasteiger charge is 2.49. The van der Waals surface area contributed by atoms with E-state index in [-0.39, 0.29) is 11.9 Å². The third kappa shape index (κ3) is 2.91. The summed E-state index contributed by atoms with van der Waals surface area (Å²) < 4.78 is 5.22. The van der Waals surface area contributed by atoms with E-state index in [4.69, 9.17) is 4.74 Å². The highest BCUT2D eigenvalue weighted by atomic mass is 16.5. The molecule has 0 bridgehead atoms. The van der Waals surface area contributed by atoms with Crippen molar-refractivity contribution in [3.8, 4) is 5.75 Å². The van der Waals surface area contributed by atoms with Crippen molar-refractivity contribution in [1.82, 2.24) is 15.5 Å². The van der Waals surface area contributed by atoms with Gasteiger partial charge < -0.3 is 15.4 Å². The fourth-order valence-electron chi connectivity index (χ4n) is 3.33. The highest BCUT2D eigenvalue weighted by molar-refractivity contribution is 6.07. The number of benzene rings is 1. The van der Waals surface area contributed by atoms with Gasteiger partial charge in [-0.2, -0.15) is 0 Å². The van der Waals surface area contributed by atoms with E-state index in [0.717, 1.165) is 31.5 Å². The minimum absolute atomic E-state index is 0.193. The number of carbonyl (C=O) groups excluding carboxylic acids is 2. The van der Waals surface area contributed by atoms with Crippen molar-refractivity contribution in [2.45, 2.75) is 25.3 Å². The van der Waals surface area contributed by atoms with Crippen molar-refractivity contribution in [1.29, 1.82) is 0 Å². The second-order valence-electron chi connectivity index (χ2n) is 6.42. The van der Waals surface area contributed by atoms with E-state index in [1.54, 1.807) is 20.1 Å². The fraction of sp³-hybridized carbons (Fsp3) is 0.529. The largest absolute Gasteiger partial charge is 0.497 e. The number of methoxy groups -OCH3 is 1. The molecule has 6 heteroatoms. The molecule has 0 spiro atoms. The van der Waals surface area contributed by atoms with Crippen LogP contribution in [0, 0.1) is 5.92 Å². The van der Waals surface area contributed by atoms with Crippen LogP contribution >= 0.6 is 0 Å². The Kier molecular flexibility index (Phi) is 4.26. The monoisotopic (exact) mass is 317 g/mol. The first-order valence-electron chi connectivity index (χ1n) is 8.04. The molecule has 2 fully saturated rings. The molecule has 0 saturated carbocycles. The van der Waals surface area contributed by atoms with Gasteiger partial charge >= 0.3 is 6.03 Å². The van der Waals surface area contributed by atoms with E-state index in [0.29, 0.717) is 18.2 Å². The Bertz CT molecular complexity index is 613. The zero-order chi connectivity index (χ0) is 16.4. The summed E-state index contributed by atoms with van der Waals surface area (Å²) in [7, 11) is 1.58. The number of ether oxygens (including phenoxy) is 1. The standard InChI is InChI=1S/C17H23N3O3/c1-17(13-6-3-7-14(9-13)23-2)15(21)20(16(22)19-17)11-12-5-4-8-18-10-12/h3,6-7,9,12,18H,4-5,8,10-11H2,1-2H3,(H,19,22). The topological polar surface area (TPSA) is 70.7 Å². The first kappa shape index (κ1) is 15.8. The van der Waals surface area contributed by atoms with E-state index in [1.165, 1.54) is 4.90 Å². The molecule has 2 saturated heterocycles. The minimum Gasteiger partial charge on any atom is -0.497 e. The van der Waals surface area contributed by atoms with Gasteiger partial charge in [-0.3, -0.25) is 9.69 Å². The highest BCUT2D eigenvalue weighted by Crippen LogP contribution is 2.31. The maximum atomic E-state index is 12.9. The van der Waals surface area contributed by atoms with Gasteiger partial charge in [0.2, 0.25) is 0 Å². The van der Waals surface area contributed by atoms with Gasteiger partial charge in [-0.05, 0) is 56.5 Å². The summed E-state index contributed by atoms with van der Waals surface area (Å²) in [5.74, 6) is 0.799. The van der Waals surface area contributed by atoms with Crippen molar-refractivity contribution in [3.63, 3.8) is 0 Å². The van der Waals surface area contributed by atoms with E-state index >= 15 is 0 Å². The van der Waals surface area contributed by atoms with Crippen molar-refractivity contribution >= 4 is 11.9 Å². The molecule has 0 aromatic heterocycles. The Labute approximate surface area is 136 Å². The Balaban J connectivity index is 1.81.